The van der Waals surface area contributed by atoms with Crippen molar-refractivity contribution in [3.05, 3.63) is 83.6 Å². The average molecular weight is 379 g/mol. The number of benzene rings is 2. The molecule has 0 radical (unpaired) electrons. The fourth-order valence-electron chi connectivity index (χ4n) is 4.61. The molecule has 2 atom stereocenters. The van der Waals surface area contributed by atoms with Crippen molar-refractivity contribution >= 4 is 17.1 Å². The summed E-state index contributed by atoms with van der Waals surface area (Å²) in [6, 6.07) is 21.0. The quantitative estimate of drug-likeness (QED) is 0.719. The number of para-hydroxylation sites is 2. The van der Waals surface area contributed by atoms with Crippen LogP contribution in [0.2, 0.25) is 0 Å². The molecule has 4 rings (SSSR count). The molecular weight excluding hydrogens is 356 g/mol. The second-order valence-electron chi connectivity index (χ2n) is 7.92. The number of nitriles is 2. The Bertz CT molecular complexity index is 1190. The Kier molecular flexibility index (Phi) is 4.17. The highest BCUT2D eigenvalue weighted by atomic mass is 15.2. The lowest BCUT2D eigenvalue weighted by molar-refractivity contribution is -0.401. The van der Waals surface area contributed by atoms with Crippen LogP contribution in [0.25, 0.3) is 0 Å². The first kappa shape index (κ1) is 18.7. The average Bonchev–Trinajstić information content (AvgIpc) is 3.11. The maximum atomic E-state index is 9.95. The van der Waals surface area contributed by atoms with Crippen LogP contribution in [0.5, 0.6) is 0 Å². The van der Waals surface area contributed by atoms with Gasteiger partial charge in [0.1, 0.15) is 12.5 Å². The van der Waals surface area contributed by atoms with Crippen molar-refractivity contribution < 1.29 is 4.58 Å². The summed E-state index contributed by atoms with van der Waals surface area (Å²) in [5.74, 6) is 0. The first-order chi connectivity index (χ1) is 13.9. The van der Waals surface area contributed by atoms with Gasteiger partial charge in [0.15, 0.2) is 5.41 Å². The number of fused-ring (bicyclic) bond motifs is 2. The van der Waals surface area contributed by atoms with Crippen molar-refractivity contribution in [3.63, 3.8) is 0 Å². The van der Waals surface area contributed by atoms with Crippen molar-refractivity contribution in [2.75, 3.05) is 19.0 Å². The number of hydrogen-bond donors (Lipinski definition) is 0. The molecule has 0 amide bonds. The smallest absolute Gasteiger partial charge is 0.210 e. The van der Waals surface area contributed by atoms with Crippen LogP contribution in [0.4, 0.5) is 11.4 Å². The van der Waals surface area contributed by atoms with Crippen LogP contribution in [-0.2, 0) is 10.8 Å². The van der Waals surface area contributed by atoms with Gasteiger partial charge in [-0.05, 0) is 26.0 Å². The lowest BCUT2D eigenvalue weighted by Crippen LogP contribution is -2.28. The minimum Gasteiger partial charge on any atom is -0.346 e. The van der Waals surface area contributed by atoms with Gasteiger partial charge in [0.25, 0.3) is 0 Å². The third kappa shape index (κ3) is 2.46. The monoisotopic (exact) mass is 379 g/mol. The molecule has 2 aromatic rings. The molecule has 4 nitrogen and oxygen atoms in total. The Morgan fingerprint density at radius 2 is 1.55 bits per heavy atom. The highest BCUT2D eigenvalue weighted by Gasteiger charge is 2.47. The van der Waals surface area contributed by atoms with E-state index >= 15 is 0 Å². The lowest BCUT2D eigenvalue weighted by Gasteiger charge is -2.21. The summed E-state index contributed by atoms with van der Waals surface area (Å²) < 4.78 is 2.07. The van der Waals surface area contributed by atoms with E-state index in [1.807, 2.05) is 94.7 Å². The van der Waals surface area contributed by atoms with Crippen LogP contribution in [0.1, 0.15) is 25.0 Å². The Labute approximate surface area is 171 Å². The minimum absolute atomic E-state index is 0.705. The lowest BCUT2D eigenvalue weighted by atomic mass is 9.80. The molecule has 2 heterocycles. The van der Waals surface area contributed by atoms with Gasteiger partial charge in [-0.25, -0.2) is 0 Å². The highest BCUT2D eigenvalue weighted by Crippen LogP contribution is 2.46. The number of rotatable bonds is 2. The first-order valence-electron chi connectivity index (χ1n) is 9.63. The molecule has 0 saturated heterocycles. The van der Waals surface area contributed by atoms with Crippen molar-refractivity contribution in [2.45, 2.75) is 24.7 Å². The van der Waals surface area contributed by atoms with Crippen LogP contribution < -0.4 is 4.90 Å². The van der Waals surface area contributed by atoms with Crippen LogP contribution in [0.15, 0.2) is 72.5 Å². The molecule has 2 aliphatic rings. The van der Waals surface area contributed by atoms with Crippen molar-refractivity contribution in [2.24, 2.45) is 0 Å². The Morgan fingerprint density at radius 3 is 2.24 bits per heavy atom. The molecule has 2 unspecified atom stereocenters. The van der Waals surface area contributed by atoms with Gasteiger partial charge < -0.3 is 4.90 Å². The summed E-state index contributed by atoms with van der Waals surface area (Å²) in [5, 5.41) is 19.9. The standard InChI is InChI=1S/C25H23N4/c1-24(16-26)18-10-5-7-12-20(18)28(3)22(24)14-9-15-23-25(2,17-27)19-11-6-8-13-21(19)29(23)4/h5-15H,1-4H3/q+1. The van der Waals surface area contributed by atoms with Crippen molar-refractivity contribution in [1.29, 1.82) is 10.5 Å². The molecule has 29 heavy (non-hydrogen) atoms. The van der Waals surface area contributed by atoms with E-state index < -0.39 is 10.8 Å². The largest absolute Gasteiger partial charge is 0.346 e. The molecule has 0 saturated carbocycles. The van der Waals surface area contributed by atoms with E-state index in [9.17, 15) is 10.5 Å². The molecule has 2 aromatic carbocycles. The molecule has 0 spiro atoms. The van der Waals surface area contributed by atoms with Gasteiger partial charge in [-0.2, -0.15) is 15.1 Å². The topological polar surface area (TPSA) is 53.8 Å². The second kappa shape index (κ2) is 6.47. The van der Waals surface area contributed by atoms with E-state index in [1.54, 1.807) is 0 Å². The summed E-state index contributed by atoms with van der Waals surface area (Å²) >= 11 is 0. The second-order valence-corrected chi connectivity index (χ2v) is 7.92. The first-order valence-corrected chi connectivity index (χ1v) is 9.63. The Balaban J connectivity index is 1.77. The predicted molar refractivity (Wildman–Crippen MR) is 115 cm³/mol. The molecule has 0 fully saturated rings. The number of anilines is 1. The minimum atomic E-state index is -0.705. The number of allylic oxidation sites excluding steroid dienone is 4. The van der Waals surface area contributed by atoms with Gasteiger partial charge in [-0.3, -0.25) is 0 Å². The maximum Gasteiger partial charge on any atom is 0.210 e. The molecule has 0 bridgehead atoms. The number of likely N-dealkylation sites (N-methyl/N-ethyl adjacent to an activating group) is 1. The summed E-state index contributed by atoms with van der Waals surface area (Å²) in [4.78, 5) is 2.07. The number of nitrogens with zero attached hydrogens (tertiary/aromatic N) is 4. The van der Waals surface area contributed by atoms with E-state index in [1.165, 1.54) is 0 Å². The van der Waals surface area contributed by atoms with Crippen molar-refractivity contribution in [1.82, 2.24) is 0 Å². The van der Waals surface area contributed by atoms with Crippen LogP contribution in [-0.4, -0.2) is 24.4 Å². The summed E-state index contributed by atoms with van der Waals surface area (Å²) in [6.45, 7) is 3.91. The molecule has 0 N–H and O–H groups in total. The fraction of sp³-hybridized carbons (Fsp3) is 0.240. The molecular formula is C25H23N4+. The van der Waals surface area contributed by atoms with E-state index in [-0.39, 0.29) is 0 Å². The van der Waals surface area contributed by atoms with Gasteiger partial charge in [0, 0.05) is 36.1 Å². The summed E-state index contributed by atoms with van der Waals surface area (Å²) in [5.41, 5.74) is 4.58. The summed E-state index contributed by atoms with van der Waals surface area (Å²) in [6.07, 6.45) is 5.94. The zero-order valence-electron chi connectivity index (χ0n) is 17.1. The highest BCUT2D eigenvalue weighted by molar-refractivity contribution is 6.05. The van der Waals surface area contributed by atoms with Crippen molar-refractivity contribution in [3.8, 4) is 12.1 Å². The van der Waals surface area contributed by atoms with Crippen LogP contribution in [0, 0.1) is 22.7 Å². The zero-order chi connectivity index (χ0) is 20.8. The predicted octanol–water partition coefficient (Wildman–Crippen LogP) is 4.57. The van der Waals surface area contributed by atoms with E-state index in [4.69, 9.17) is 0 Å². The SMILES string of the molecule is CN1/C(=C\C=C\C2=[N+](C)c3ccccc3C2(C)C#N)C(C)(C#N)c2ccccc21. The Hall–Kier alpha value is -3.63. The fourth-order valence-corrected chi connectivity index (χ4v) is 4.61. The third-order valence-electron chi connectivity index (χ3n) is 6.31. The zero-order valence-corrected chi connectivity index (χ0v) is 17.1. The third-order valence-corrected chi connectivity index (χ3v) is 6.31. The molecule has 2 aliphatic heterocycles. The molecule has 142 valence electrons. The van der Waals surface area contributed by atoms with Gasteiger partial charge in [-0.1, -0.05) is 42.5 Å². The van der Waals surface area contributed by atoms with Gasteiger partial charge in [-0.15, -0.1) is 0 Å². The van der Waals surface area contributed by atoms with E-state index in [0.29, 0.717) is 0 Å². The Morgan fingerprint density at radius 1 is 0.931 bits per heavy atom. The molecule has 0 aromatic heterocycles. The van der Waals surface area contributed by atoms with E-state index in [2.05, 4.69) is 21.6 Å². The van der Waals surface area contributed by atoms with Gasteiger partial charge in [0.05, 0.1) is 17.7 Å². The van der Waals surface area contributed by atoms with Gasteiger partial charge >= 0.3 is 0 Å². The summed E-state index contributed by atoms with van der Waals surface area (Å²) in [7, 11) is 3.98. The van der Waals surface area contributed by atoms with Gasteiger partial charge in [0.2, 0.25) is 11.4 Å². The van der Waals surface area contributed by atoms with Crippen LogP contribution in [0.3, 0.4) is 0 Å². The van der Waals surface area contributed by atoms with Crippen LogP contribution >= 0.6 is 0 Å². The normalized spacial score (nSPS) is 26.6. The van der Waals surface area contributed by atoms with E-state index in [0.717, 1.165) is 33.9 Å². The number of hydrogen-bond acceptors (Lipinski definition) is 3. The molecule has 4 heteroatoms. The maximum absolute atomic E-state index is 9.95. The molecule has 0 aliphatic carbocycles.